The van der Waals surface area contributed by atoms with Crippen molar-refractivity contribution in [2.45, 2.75) is 31.0 Å². The van der Waals surface area contributed by atoms with E-state index >= 15 is 4.39 Å². The maximum atomic E-state index is 15.3. The minimum absolute atomic E-state index is 0.0628. The molecule has 0 saturated carbocycles. The number of nitrogens with zero attached hydrogens (tertiary/aromatic N) is 1. The Morgan fingerprint density at radius 2 is 1.85 bits per heavy atom. The molecule has 0 spiro atoms. The highest BCUT2D eigenvalue weighted by molar-refractivity contribution is 7.66. The summed E-state index contributed by atoms with van der Waals surface area (Å²) in [7, 11) is -16.0. The summed E-state index contributed by atoms with van der Waals surface area (Å²) >= 11 is 0. The van der Waals surface area contributed by atoms with E-state index in [0.717, 1.165) is 23.9 Å². The molecule has 1 aliphatic rings. The molecular weight excluding hydrogens is 520 g/mol. The summed E-state index contributed by atoms with van der Waals surface area (Å²) in [4.78, 5) is 61.7. The van der Waals surface area contributed by atoms with Crippen LogP contribution in [0.5, 0.6) is 0 Å². The summed E-state index contributed by atoms with van der Waals surface area (Å²) in [6.07, 6.45) is -3.41. The number of alkyl halides is 1. The molecule has 1 aromatic heterocycles. The normalized spacial score (nSPS) is 29.4. The van der Waals surface area contributed by atoms with Gasteiger partial charge in [-0.3, -0.25) is 18.9 Å². The van der Waals surface area contributed by atoms with E-state index in [4.69, 9.17) is 19.3 Å². The van der Waals surface area contributed by atoms with Crippen LogP contribution in [0.15, 0.2) is 28.4 Å². The number of halogens is 1. The van der Waals surface area contributed by atoms with Crippen LogP contribution in [0.1, 0.15) is 11.8 Å². The van der Waals surface area contributed by atoms with Crippen molar-refractivity contribution in [3.63, 3.8) is 0 Å². The number of H-pyrrole nitrogens is 1. The highest BCUT2D eigenvalue weighted by Gasteiger charge is 2.57. The number of methoxy groups -OCH3 is 1. The van der Waals surface area contributed by atoms with E-state index in [2.05, 4.69) is 19.7 Å². The van der Waals surface area contributed by atoms with E-state index in [-0.39, 0.29) is 5.56 Å². The fourth-order valence-electron chi connectivity index (χ4n) is 2.82. The average Bonchev–Trinajstić information content (AvgIpc) is 2.92. The predicted octanol–water partition coefficient (Wildman–Crippen LogP) is -0.00498. The molecule has 1 aromatic rings. The van der Waals surface area contributed by atoms with Gasteiger partial charge < -0.3 is 29.0 Å². The summed E-state index contributed by atoms with van der Waals surface area (Å²) in [6.45, 7) is 3.49. The molecule has 16 nitrogen and oxygen atoms in total. The van der Waals surface area contributed by atoms with Crippen molar-refractivity contribution in [2.75, 3.05) is 13.7 Å². The number of ether oxygens (including phenoxy) is 2. The standard InChI is InChI=1S/C13H20FN2O14P3/c1-4-13(6-27-32(22,23)30-33(24,25)29-31(19,20)21)9(14)8(26-3)11(28-13)16-5-7(2)10(17)15-12(16)18/h4-5,8-9,11H,1,6H2,2-3H3,(H,22,23)(H,24,25)(H,15,17,18)(H2,19,20,21). The Morgan fingerprint density at radius 3 is 2.36 bits per heavy atom. The fourth-order valence-corrected chi connectivity index (χ4v) is 5.88. The van der Waals surface area contributed by atoms with Crippen molar-refractivity contribution >= 4 is 23.5 Å². The second-order valence-corrected chi connectivity index (χ2v) is 11.0. The molecule has 1 fully saturated rings. The number of hydrogen-bond acceptors (Lipinski definition) is 10. The SMILES string of the molecule is C=CC1(COP(=O)(O)OP(=O)(O)OP(=O)(O)O)OC(n2cc(C)c(=O)[nH]c2=O)C(OC)C1F. The van der Waals surface area contributed by atoms with Gasteiger partial charge in [0.25, 0.3) is 5.56 Å². The molecule has 0 radical (unpaired) electrons. The Labute approximate surface area is 184 Å². The highest BCUT2D eigenvalue weighted by atomic mass is 31.3. The predicted molar refractivity (Wildman–Crippen MR) is 105 cm³/mol. The van der Waals surface area contributed by atoms with E-state index in [0.29, 0.717) is 0 Å². The molecule has 33 heavy (non-hydrogen) atoms. The molecule has 2 rings (SSSR count). The van der Waals surface area contributed by atoms with Crippen molar-refractivity contribution in [1.29, 1.82) is 0 Å². The van der Waals surface area contributed by atoms with Crippen molar-refractivity contribution in [3.05, 3.63) is 45.3 Å². The van der Waals surface area contributed by atoms with Gasteiger partial charge in [-0.1, -0.05) is 6.08 Å². The van der Waals surface area contributed by atoms with Gasteiger partial charge in [-0.05, 0) is 6.92 Å². The van der Waals surface area contributed by atoms with Crippen molar-refractivity contribution < 1.29 is 60.3 Å². The number of hydrogen-bond donors (Lipinski definition) is 5. The van der Waals surface area contributed by atoms with Gasteiger partial charge >= 0.3 is 29.2 Å². The van der Waals surface area contributed by atoms with Crippen molar-refractivity contribution in [1.82, 2.24) is 9.55 Å². The summed E-state index contributed by atoms with van der Waals surface area (Å²) in [5.41, 5.74) is -3.92. The van der Waals surface area contributed by atoms with E-state index in [1.807, 2.05) is 4.98 Å². The summed E-state index contributed by atoms with van der Waals surface area (Å²) in [5, 5.41) is 0. The van der Waals surface area contributed by atoms with Crippen LogP contribution in [0.4, 0.5) is 4.39 Å². The summed E-state index contributed by atoms with van der Waals surface area (Å²) in [6, 6.07) is 0. The van der Waals surface area contributed by atoms with Gasteiger partial charge in [0, 0.05) is 18.9 Å². The fraction of sp³-hybridized carbons (Fsp3) is 0.538. The molecule has 0 aliphatic carbocycles. The number of aryl methyl sites for hydroxylation is 1. The minimum Gasteiger partial charge on any atom is -0.374 e. The van der Waals surface area contributed by atoms with E-state index in [9.17, 15) is 33.1 Å². The molecule has 188 valence electrons. The van der Waals surface area contributed by atoms with E-state index in [1.54, 1.807) is 0 Å². The Bertz CT molecular complexity index is 1160. The van der Waals surface area contributed by atoms with Crippen LogP contribution in [-0.4, -0.2) is 60.7 Å². The molecule has 2 heterocycles. The van der Waals surface area contributed by atoms with Crippen LogP contribution in [0.3, 0.4) is 0 Å². The van der Waals surface area contributed by atoms with Gasteiger partial charge in [0.05, 0.1) is 6.61 Å². The Hall–Kier alpha value is -1.32. The monoisotopic (exact) mass is 540 g/mol. The smallest absolute Gasteiger partial charge is 0.374 e. The molecule has 1 saturated heterocycles. The number of aromatic nitrogens is 2. The van der Waals surface area contributed by atoms with Crippen LogP contribution >= 0.6 is 23.5 Å². The van der Waals surface area contributed by atoms with Crippen molar-refractivity contribution in [2.24, 2.45) is 0 Å². The third-order valence-electron chi connectivity index (χ3n) is 4.28. The second-order valence-electron chi connectivity index (χ2n) is 6.61. The maximum Gasteiger partial charge on any atom is 0.490 e. The highest BCUT2D eigenvalue weighted by Crippen LogP contribution is 2.66. The van der Waals surface area contributed by atoms with Gasteiger partial charge in [0.15, 0.2) is 12.4 Å². The number of phosphoric acid groups is 3. The van der Waals surface area contributed by atoms with Gasteiger partial charge in [-0.25, -0.2) is 22.9 Å². The molecule has 0 bridgehead atoms. The quantitative estimate of drug-likeness (QED) is 0.194. The Kier molecular flexibility index (Phi) is 8.24. The van der Waals surface area contributed by atoms with Crippen LogP contribution < -0.4 is 11.2 Å². The van der Waals surface area contributed by atoms with Crippen LogP contribution in [0.25, 0.3) is 0 Å². The maximum absolute atomic E-state index is 15.3. The lowest BCUT2D eigenvalue weighted by Gasteiger charge is -2.28. The lowest BCUT2D eigenvalue weighted by atomic mass is 9.97. The van der Waals surface area contributed by atoms with Crippen LogP contribution in [-0.2, 0) is 36.3 Å². The van der Waals surface area contributed by atoms with E-state index in [1.165, 1.54) is 6.92 Å². The first-order valence-corrected chi connectivity index (χ1v) is 13.1. The van der Waals surface area contributed by atoms with Crippen LogP contribution in [0.2, 0.25) is 0 Å². The number of rotatable bonds is 10. The van der Waals surface area contributed by atoms with Gasteiger partial charge in [0.2, 0.25) is 0 Å². The van der Waals surface area contributed by atoms with E-state index < -0.39 is 65.4 Å². The third-order valence-corrected chi connectivity index (χ3v) is 8.07. The first kappa shape index (κ1) is 27.9. The zero-order chi connectivity index (χ0) is 25.4. The second kappa shape index (κ2) is 9.74. The first-order chi connectivity index (χ1) is 15.0. The zero-order valence-electron chi connectivity index (χ0n) is 16.8. The van der Waals surface area contributed by atoms with Gasteiger partial charge in [-0.15, -0.1) is 6.58 Å². The summed E-state index contributed by atoms with van der Waals surface area (Å²) in [5.74, 6) is 0. The number of phosphoric ester groups is 1. The average molecular weight is 540 g/mol. The molecule has 6 atom stereocenters. The van der Waals surface area contributed by atoms with Crippen LogP contribution in [0, 0.1) is 6.92 Å². The lowest BCUT2D eigenvalue weighted by Crippen LogP contribution is -2.42. The first-order valence-electron chi connectivity index (χ1n) is 8.54. The van der Waals surface area contributed by atoms with Gasteiger partial charge in [0.1, 0.15) is 11.7 Å². The van der Waals surface area contributed by atoms with Crippen molar-refractivity contribution in [3.8, 4) is 0 Å². The molecule has 5 N–H and O–H groups in total. The Balaban J connectivity index is 2.31. The molecule has 6 unspecified atom stereocenters. The molecule has 0 amide bonds. The number of aromatic amines is 1. The zero-order valence-corrected chi connectivity index (χ0v) is 19.5. The van der Waals surface area contributed by atoms with Gasteiger partial charge in [-0.2, -0.15) is 8.62 Å². The topological polar surface area (TPSA) is 233 Å². The number of nitrogens with one attached hydrogen (secondary N) is 1. The minimum atomic E-state index is -5.80. The summed E-state index contributed by atoms with van der Waals surface area (Å²) < 4.78 is 72.3. The molecule has 1 aliphatic heterocycles. The molecular formula is C13H20FN2O14P3. The molecule has 0 aromatic carbocycles. The third kappa shape index (κ3) is 6.63. The molecule has 20 heteroatoms. The Morgan fingerprint density at radius 1 is 1.24 bits per heavy atom. The lowest BCUT2D eigenvalue weighted by molar-refractivity contribution is -0.0941. The largest absolute Gasteiger partial charge is 0.490 e.